The molecule has 1 saturated carbocycles. The van der Waals surface area contributed by atoms with Crippen molar-refractivity contribution in [2.24, 2.45) is 0 Å². The van der Waals surface area contributed by atoms with E-state index in [-0.39, 0.29) is 30.1 Å². The lowest BCUT2D eigenvalue weighted by Gasteiger charge is -2.22. The van der Waals surface area contributed by atoms with Crippen LogP contribution in [0.15, 0.2) is 41.8 Å². The molecule has 0 atom stereocenters. The van der Waals surface area contributed by atoms with Crippen molar-refractivity contribution < 1.29 is 18.7 Å². The highest BCUT2D eigenvalue weighted by Crippen LogP contribution is 2.21. The zero-order valence-electron chi connectivity index (χ0n) is 14.9. The van der Waals surface area contributed by atoms with Gasteiger partial charge in [-0.25, -0.2) is 9.37 Å². The van der Waals surface area contributed by atoms with E-state index in [2.05, 4.69) is 10.3 Å². The first-order valence-corrected chi connectivity index (χ1v) is 9.97. The molecule has 1 amide bonds. The van der Waals surface area contributed by atoms with Crippen LogP contribution in [0.1, 0.15) is 32.1 Å². The maximum absolute atomic E-state index is 13.4. The van der Waals surface area contributed by atoms with Gasteiger partial charge >= 0.3 is 5.97 Å². The Balaban J connectivity index is 1.44. The van der Waals surface area contributed by atoms with Crippen LogP contribution in [0.25, 0.3) is 5.69 Å². The molecule has 0 unspecified atom stereocenters. The van der Waals surface area contributed by atoms with Gasteiger partial charge in [-0.05, 0) is 31.0 Å². The van der Waals surface area contributed by atoms with Crippen molar-refractivity contribution >= 4 is 23.6 Å². The summed E-state index contributed by atoms with van der Waals surface area (Å²) < 4.78 is 20.1. The fraction of sp³-hybridized carbons (Fsp3) is 0.421. The first-order valence-electron chi connectivity index (χ1n) is 8.99. The molecule has 1 aromatic carbocycles. The van der Waals surface area contributed by atoms with Gasteiger partial charge in [0.05, 0.1) is 11.4 Å². The molecule has 3 rings (SSSR count). The molecule has 1 aliphatic carbocycles. The van der Waals surface area contributed by atoms with Crippen LogP contribution in [0, 0.1) is 5.82 Å². The van der Waals surface area contributed by atoms with Crippen molar-refractivity contribution in [2.45, 2.75) is 43.3 Å². The molecule has 144 valence electrons. The molecule has 1 fully saturated rings. The molecule has 2 aromatic rings. The Morgan fingerprint density at radius 2 is 2.11 bits per heavy atom. The number of nitrogens with zero attached hydrogens (tertiary/aromatic N) is 2. The van der Waals surface area contributed by atoms with Gasteiger partial charge in [0.25, 0.3) is 5.91 Å². The highest BCUT2D eigenvalue weighted by molar-refractivity contribution is 7.99. The Morgan fingerprint density at radius 1 is 1.30 bits per heavy atom. The Bertz CT molecular complexity index is 790. The monoisotopic (exact) mass is 391 g/mol. The molecule has 1 N–H and O–H groups in total. The van der Waals surface area contributed by atoms with E-state index in [9.17, 15) is 14.0 Å². The number of halogens is 1. The molecule has 27 heavy (non-hydrogen) atoms. The van der Waals surface area contributed by atoms with E-state index in [1.807, 2.05) is 0 Å². The number of aromatic nitrogens is 2. The first kappa shape index (κ1) is 19.4. The Kier molecular flexibility index (Phi) is 6.86. The number of rotatable bonds is 7. The van der Waals surface area contributed by atoms with Crippen molar-refractivity contribution in [3.05, 3.63) is 42.5 Å². The van der Waals surface area contributed by atoms with Crippen LogP contribution in [-0.2, 0) is 14.3 Å². The number of amides is 1. The standard InChI is InChI=1S/C19H22FN3O3S/c20-14-5-4-8-16(11-14)23-10-9-21-19(23)27-13-18(25)26-12-17(24)22-15-6-2-1-3-7-15/h4-5,8-11,15H,1-3,6-7,12-13H2,(H,22,24). The fourth-order valence-electron chi connectivity index (χ4n) is 3.05. The second-order valence-electron chi connectivity index (χ2n) is 6.41. The van der Waals surface area contributed by atoms with Gasteiger partial charge in [0.15, 0.2) is 11.8 Å². The third kappa shape index (κ3) is 5.82. The van der Waals surface area contributed by atoms with Crippen molar-refractivity contribution in [3.63, 3.8) is 0 Å². The highest BCUT2D eigenvalue weighted by atomic mass is 32.2. The maximum Gasteiger partial charge on any atom is 0.316 e. The largest absolute Gasteiger partial charge is 0.455 e. The third-order valence-electron chi connectivity index (χ3n) is 4.35. The minimum absolute atomic E-state index is 0.0169. The number of imidazole rings is 1. The molecule has 0 spiro atoms. The number of thioether (sulfide) groups is 1. The number of ether oxygens (including phenoxy) is 1. The van der Waals surface area contributed by atoms with E-state index in [0.29, 0.717) is 10.8 Å². The molecule has 0 saturated heterocycles. The van der Waals surface area contributed by atoms with Gasteiger partial charge < -0.3 is 10.1 Å². The number of carbonyl (C=O) groups is 2. The maximum atomic E-state index is 13.4. The van der Waals surface area contributed by atoms with Gasteiger partial charge in [-0.1, -0.05) is 37.1 Å². The minimum atomic E-state index is -0.493. The Hall–Kier alpha value is -2.35. The second kappa shape index (κ2) is 9.55. The van der Waals surface area contributed by atoms with Crippen molar-refractivity contribution in [2.75, 3.05) is 12.4 Å². The van der Waals surface area contributed by atoms with Crippen LogP contribution in [-0.4, -0.2) is 39.8 Å². The summed E-state index contributed by atoms with van der Waals surface area (Å²) >= 11 is 1.17. The topological polar surface area (TPSA) is 73.2 Å². The number of nitrogens with one attached hydrogen (secondary N) is 1. The van der Waals surface area contributed by atoms with Crippen molar-refractivity contribution in [1.29, 1.82) is 0 Å². The van der Waals surface area contributed by atoms with E-state index in [1.165, 1.54) is 30.3 Å². The fourth-order valence-corrected chi connectivity index (χ4v) is 3.82. The van der Waals surface area contributed by atoms with Gasteiger partial charge in [-0.15, -0.1) is 0 Å². The van der Waals surface area contributed by atoms with E-state index < -0.39 is 5.97 Å². The summed E-state index contributed by atoms with van der Waals surface area (Å²) in [6.07, 6.45) is 8.70. The second-order valence-corrected chi connectivity index (χ2v) is 7.35. The number of hydrogen-bond donors (Lipinski definition) is 1. The summed E-state index contributed by atoms with van der Waals surface area (Å²) in [7, 11) is 0. The predicted octanol–water partition coefficient (Wildman–Crippen LogP) is 3.10. The van der Waals surface area contributed by atoms with Gasteiger partial charge in [-0.3, -0.25) is 14.2 Å². The summed E-state index contributed by atoms with van der Waals surface area (Å²) in [5.74, 6) is -1.09. The lowest BCUT2D eigenvalue weighted by atomic mass is 9.95. The van der Waals surface area contributed by atoms with Crippen LogP contribution in [0.5, 0.6) is 0 Å². The summed E-state index contributed by atoms with van der Waals surface area (Å²) in [6.45, 7) is -0.270. The van der Waals surface area contributed by atoms with Gasteiger partial charge in [0, 0.05) is 18.4 Å². The number of carbonyl (C=O) groups excluding carboxylic acids is 2. The SMILES string of the molecule is O=C(COC(=O)CSc1nccn1-c1cccc(F)c1)NC1CCCCC1. The molecule has 1 aromatic heterocycles. The van der Waals surface area contributed by atoms with E-state index in [1.54, 1.807) is 29.1 Å². The van der Waals surface area contributed by atoms with Crippen molar-refractivity contribution in [1.82, 2.24) is 14.9 Å². The van der Waals surface area contributed by atoms with Gasteiger partial charge in [0.1, 0.15) is 5.82 Å². The van der Waals surface area contributed by atoms with E-state index in [0.717, 1.165) is 25.7 Å². The first-order chi connectivity index (χ1) is 13.1. The molecule has 1 heterocycles. The number of esters is 1. The lowest BCUT2D eigenvalue weighted by Crippen LogP contribution is -2.38. The normalized spacial score (nSPS) is 14.7. The number of benzene rings is 1. The quantitative estimate of drug-likeness (QED) is 0.580. The van der Waals surface area contributed by atoms with E-state index >= 15 is 0 Å². The molecular formula is C19H22FN3O3S. The smallest absolute Gasteiger partial charge is 0.316 e. The lowest BCUT2D eigenvalue weighted by molar-refractivity contribution is -0.146. The number of hydrogen-bond acceptors (Lipinski definition) is 5. The highest BCUT2D eigenvalue weighted by Gasteiger charge is 2.17. The van der Waals surface area contributed by atoms with Crippen LogP contribution in [0.2, 0.25) is 0 Å². The zero-order chi connectivity index (χ0) is 19.1. The molecule has 6 nitrogen and oxygen atoms in total. The molecular weight excluding hydrogens is 369 g/mol. The third-order valence-corrected chi connectivity index (χ3v) is 5.29. The molecule has 8 heteroatoms. The molecule has 0 aliphatic heterocycles. The van der Waals surface area contributed by atoms with Crippen LogP contribution < -0.4 is 5.32 Å². The minimum Gasteiger partial charge on any atom is -0.455 e. The van der Waals surface area contributed by atoms with Gasteiger partial charge in [0.2, 0.25) is 0 Å². The predicted molar refractivity (Wildman–Crippen MR) is 100 cm³/mol. The van der Waals surface area contributed by atoms with Crippen LogP contribution in [0.4, 0.5) is 4.39 Å². The molecule has 0 bridgehead atoms. The summed E-state index contributed by atoms with van der Waals surface area (Å²) in [6, 6.07) is 6.31. The summed E-state index contributed by atoms with van der Waals surface area (Å²) in [4.78, 5) is 28.0. The van der Waals surface area contributed by atoms with Crippen LogP contribution in [0.3, 0.4) is 0 Å². The van der Waals surface area contributed by atoms with Crippen molar-refractivity contribution in [3.8, 4) is 5.69 Å². The molecule has 0 radical (unpaired) electrons. The average Bonchev–Trinajstić information content (AvgIpc) is 3.14. The summed E-state index contributed by atoms with van der Waals surface area (Å²) in [5.41, 5.74) is 0.621. The van der Waals surface area contributed by atoms with Gasteiger partial charge in [-0.2, -0.15) is 0 Å². The zero-order valence-corrected chi connectivity index (χ0v) is 15.7. The Morgan fingerprint density at radius 3 is 2.89 bits per heavy atom. The Labute approximate surface area is 161 Å². The van der Waals surface area contributed by atoms with Crippen LogP contribution >= 0.6 is 11.8 Å². The summed E-state index contributed by atoms with van der Waals surface area (Å²) in [5, 5.41) is 3.45. The average molecular weight is 391 g/mol. The van der Waals surface area contributed by atoms with E-state index in [4.69, 9.17) is 4.74 Å². The molecule has 1 aliphatic rings.